The van der Waals surface area contributed by atoms with Gasteiger partial charge in [0.05, 0.1) is 5.69 Å². The number of aryl methyl sites for hydroxylation is 1. The molecule has 1 aliphatic heterocycles. The van der Waals surface area contributed by atoms with Gasteiger partial charge in [0.1, 0.15) is 0 Å². The van der Waals surface area contributed by atoms with E-state index in [2.05, 4.69) is 54.1 Å². The van der Waals surface area contributed by atoms with Gasteiger partial charge in [-0.2, -0.15) is 0 Å². The second-order valence-corrected chi connectivity index (χ2v) is 6.83. The quantitative estimate of drug-likeness (QED) is 0.819. The number of thioether (sulfide) groups is 1. The molecule has 104 valence electrons. The van der Waals surface area contributed by atoms with Crippen LogP contribution >= 0.6 is 11.8 Å². The Morgan fingerprint density at radius 1 is 1.25 bits per heavy atom. The topological polar surface area (TPSA) is 16.1 Å². The van der Waals surface area contributed by atoms with Gasteiger partial charge in [-0.1, -0.05) is 25.1 Å². The molecule has 1 aliphatic rings. The lowest BCUT2D eigenvalue weighted by molar-refractivity contribution is 0.726. The molecule has 0 spiro atoms. The van der Waals surface area contributed by atoms with Crippen LogP contribution in [0.25, 0.3) is 0 Å². The molecule has 0 fully saturated rings. The summed E-state index contributed by atoms with van der Waals surface area (Å²) < 4.78 is 0. The zero-order valence-corrected chi connectivity index (χ0v) is 12.9. The van der Waals surface area contributed by atoms with Crippen LogP contribution in [0.15, 0.2) is 47.5 Å². The van der Waals surface area contributed by atoms with Crippen LogP contribution in [-0.2, 0) is 6.54 Å². The fraction of sp³-hybridized carbons (Fsp3) is 0.353. The van der Waals surface area contributed by atoms with Crippen molar-refractivity contribution < 1.29 is 0 Å². The van der Waals surface area contributed by atoms with Crippen molar-refractivity contribution in [2.45, 2.75) is 37.0 Å². The summed E-state index contributed by atoms with van der Waals surface area (Å²) in [5.41, 5.74) is 3.82. The summed E-state index contributed by atoms with van der Waals surface area (Å²) in [6.45, 7) is 6.47. The zero-order valence-electron chi connectivity index (χ0n) is 12.0. The molecule has 2 aromatic rings. The van der Waals surface area contributed by atoms with E-state index in [0.29, 0.717) is 5.25 Å². The van der Waals surface area contributed by atoms with E-state index in [-0.39, 0.29) is 0 Å². The van der Waals surface area contributed by atoms with E-state index < -0.39 is 0 Å². The standard InChI is InChI=1S/C17H20N2S/c1-13-9-11-19(12-15-6-5-10-18-14(15)2)16-7-3-4-8-17(16)20-13/h3-8,10,13H,9,11-12H2,1-2H3/t13-/m0/s1. The van der Waals surface area contributed by atoms with E-state index >= 15 is 0 Å². The van der Waals surface area contributed by atoms with Gasteiger partial charge in [-0.15, -0.1) is 11.8 Å². The van der Waals surface area contributed by atoms with Crippen molar-refractivity contribution in [1.82, 2.24) is 4.98 Å². The second-order valence-electron chi connectivity index (χ2n) is 5.35. The smallest absolute Gasteiger partial charge is 0.0507 e. The highest BCUT2D eigenvalue weighted by Gasteiger charge is 2.19. The molecule has 3 heteroatoms. The molecule has 3 rings (SSSR count). The van der Waals surface area contributed by atoms with Crippen LogP contribution in [-0.4, -0.2) is 16.8 Å². The fourth-order valence-electron chi connectivity index (χ4n) is 2.61. The van der Waals surface area contributed by atoms with E-state index in [9.17, 15) is 0 Å². The van der Waals surface area contributed by atoms with Crippen LogP contribution in [0, 0.1) is 6.92 Å². The molecular formula is C17H20N2S. The van der Waals surface area contributed by atoms with E-state index in [4.69, 9.17) is 0 Å². The Labute approximate surface area is 125 Å². The Kier molecular flexibility index (Phi) is 3.97. The van der Waals surface area contributed by atoms with Crippen LogP contribution < -0.4 is 4.90 Å². The molecule has 0 saturated heterocycles. The van der Waals surface area contributed by atoms with Gasteiger partial charge in [0, 0.05) is 35.1 Å². The van der Waals surface area contributed by atoms with E-state index in [1.165, 1.54) is 22.6 Å². The monoisotopic (exact) mass is 284 g/mol. The summed E-state index contributed by atoms with van der Waals surface area (Å²) >= 11 is 1.99. The maximum absolute atomic E-state index is 4.41. The second kappa shape index (κ2) is 5.88. The molecule has 1 atom stereocenters. The zero-order chi connectivity index (χ0) is 13.9. The highest BCUT2D eigenvalue weighted by Crippen LogP contribution is 2.37. The molecule has 0 amide bonds. The molecule has 0 unspecified atom stereocenters. The van der Waals surface area contributed by atoms with Gasteiger partial charge in [0.2, 0.25) is 0 Å². The van der Waals surface area contributed by atoms with Crippen LogP contribution in [0.1, 0.15) is 24.6 Å². The van der Waals surface area contributed by atoms with Gasteiger partial charge < -0.3 is 4.90 Å². The molecular weight excluding hydrogens is 264 g/mol. The highest BCUT2D eigenvalue weighted by molar-refractivity contribution is 8.00. The number of fused-ring (bicyclic) bond motifs is 1. The Bertz CT molecular complexity index is 597. The van der Waals surface area contributed by atoms with Crippen molar-refractivity contribution >= 4 is 17.4 Å². The molecule has 2 heterocycles. The van der Waals surface area contributed by atoms with Gasteiger partial charge in [-0.05, 0) is 37.1 Å². The van der Waals surface area contributed by atoms with E-state index in [1.54, 1.807) is 0 Å². The minimum Gasteiger partial charge on any atom is -0.366 e. The molecule has 0 bridgehead atoms. The van der Waals surface area contributed by atoms with Crippen molar-refractivity contribution in [1.29, 1.82) is 0 Å². The van der Waals surface area contributed by atoms with Gasteiger partial charge in [-0.3, -0.25) is 4.98 Å². The normalized spacial score (nSPS) is 18.5. The molecule has 0 saturated carbocycles. The first kappa shape index (κ1) is 13.5. The lowest BCUT2D eigenvalue weighted by Gasteiger charge is -2.25. The molecule has 20 heavy (non-hydrogen) atoms. The summed E-state index contributed by atoms with van der Waals surface area (Å²) in [4.78, 5) is 8.30. The Morgan fingerprint density at radius 2 is 2.10 bits per heavy atom. The third-order valence-electron chi connectivity index (χ3n) is 3.82. The lowest BCUT2D eigenvalue weighted by atomic mass is 10.1. The summed E-state index contributed by atoms with van der Waals surface area (Å²) in [6, 6.07) is 13.0. The number of rotatable bonds is 2. The first-order chi connectivity index (χ1) is 9.74. The Balaban J connectivity index is 1.92. The van der Waals surface area contributed by atoms with Gasteiger partial charge in [0.15, 0.2) is 0 Å². The number of aromatic nitrogens is 1. The number of nitrogens with zero attached hydrogens (tertiary/aromatic N) is 2. The molecule has 0 radical (unpaired) electrons. The number of hydrogen-bond acceptors (Lipinski definition) is 3. The Morgan fingerprint density at radius 3 is 2.95 bits per heavy atom. The number of hydrogen-bond donors (Lipinski definition) is 0. The van der Waals surface area contributed by atoms with Crippen molar-refractivity contribution in [3.8, 4) is 0 Å². The number of anilines is 1. The van der Waals surface area contributed by atoms with Crippen molar-refractivity contribution in [3.05, 3.63) is 53.9 Å². The highest BCUT2D eigenvalue weighted by atomic mass is 32.2. The number of pyridine rings is 1. The Hall–Kier alpha value is -1.48. The van der Waals surface area contributed by atoms with Crippen LogP contribution in [0.5, 0.6) is 0 Å². The van der Waals surface area contributed by atoms with Crippen LogP contribution in [0.4, 0.5) is 5.69 Å². The molecule has 1 aromatic carbocycles. The van der Waals surface area contributed by atoms with E-state index in [0.717, 1.165) is 18.8 Å². The van der Waals surface area contributed by atoms with Crippen molar-refractivity contribution in [2.24, 2.45) is 0 Å². The average molecular weight is 284 g/mol. The summed E-state index contributed by atoms with van der Waals surface area (Å²) in [5.74, 6) is 0. The SMILES string of the molecule is Cc1ncccc1CN1CC[C@H](C)Sc2ccccc21. The lowest BCUT2D eigenvalue weighted by Crippen LogP contribution is -2.24. The van der Waals surface area contributed by atoms with Crippen LogP contribution in [0.2, 0.25) is 0 Å². The van der Waals surface area contributed by atoms with Gasteiger partial charge in [0.25, 0.3) is 0 Å². The minimum absolute atomic E-state index is 0.677. The molecule has 0 N–H and O–H groups in total. The number of benzene rings is 1. The first-order valence-corrected chi connectivity index (χ1v) is 8.03. The average Bonchev–Trinajstić information content (AvgIpc) is 2.61. The molecule has 0 aliphatic carbocycles. The van der Waals surface area contributed by atoms with Gasteiger partial charge >= 0.3 is 0 Å². The predicted molar refractivity (Wildman–Crippen MR) is 86.4 cm³/mol. The largest absolute Gasteiger partial charge is 0.366 e. The maximum Gasteiger partial charge on any atom is 0.0507 e. The summed E-state index contributed by atoms with van der Waals surface area (Å²) in [5, 5.41) is 0.677. The summed E-state index contributed by atoms with van der Waals surface area (Å²) in [7, 11) is 0. The summed E-state index contributed by atoms with van der Waals surface area (Å²) in [6.07, 6.45) is 3.09. The third kappa shape index (κ3) is 2.83. The fourth-order valence-corrected chi connectivity index (χ4v) is 3.74. The molecule has 1 aromatic heterocycles. The first-order valence-electron chi connectivity index (χ1n) is 7.15. The number of para-hydroxylation sites is 1. The minimum atomic E-state index is 0.677. The maximum atomic E-state index is 4.41. The van der Waals surface area contributed by atoms with Crippen molar-refractivity contribution in [3.63, 3.8) is 0 Å². The third-order valence-corrected chi connectivity index (χ3v) is 5.05. The predicted octanol–water partition coefficient (Wildman–Crippen LogP) is 4.28. The van der Waals surface area contributed by atoms with E-state index in [1.807, 2.05) is 24.0 Å². The van der Waals surface area contributed by atoms with Gasteiger partial charge in [-0.25, -0.2) is 0 Å². The molecule has 2 nitrogen and oxygen atoms in total. The van der Waals surface area contributed by atoms with Crippen molar-refractivity contribution in [2.75, 3.05) is 11.4 Å². The van der Waals surface area contributed by atoms with Crippen LogP contribution in [0.3, 0.4) is 0 Å².